The predicted molar refractivity (Wildman–Crippen MR) is 62.1 cm³/mol. The van der Waals surface area contributed by atoms with Gasteiger partial charge in [0, 0.05) is 6.20 Å². The molecule has 1 N–H and O–H groups in total. The average molecular weight is 241 g/mol. The number of nitrogens with zero attached hydrogens (tertiary/aromatic N) is 1. The molecule has 0 aliphatic carbocycles. The lowest BCUT2D eigenvalue weighted by Gasteiger charge is -2.40. The molecule has 1 aromatic heterocycles. The summed E-state index contributed by atoms with van der Waals surface area (Å²) >= 11 is 5.82. The number of Topliss-reactive ketones (excluding diaryl/α,β-unsaturated/α-hetero) is 1. The molecule has 1 aromatic rings. The first-order valence-electron chi connectivity index (χ1n) is 5.03. The van der Waals surface area contributed by atoms with Crippen LogP contribution in [0.5, 0.6) is 0 Å². The summed E-state index contributed by atoms with van der Waals surface area (Å²) in [5, 5.41) is 3.65. The summed E-state index contributed by atoms with van der Waals surface area (Å²) in [6.07, 6.45) is 1.50. The third-order valence-electron chi connectivity index (χ3n) is 2.53. The molecular formula is C11H13ClN2O2. The minimum absolute atomic E-state index is 0.0319. The zero-order valence-electron chi connectivity index (χ0n) is 9.21. The average Bonchev–Trinajstić information content (AvgIpc) is 2.15. The van der Waals surface area contributed by atoms with E-state index in [1.54, 1.807) is 6.07 Å². The Morgan fingerprint density at radius 1 is 1.62 bits per heavy atom. The van der Waals surface area contributed by atoms with Crippen LogP contribution in [0, 0.1) is 0 Å². The van der Waals surface area contributed by atoms with Gasteiger partial charge in [0.25, 0.3) is 0 Å². The standard InChI is InChI=1S/C11H13ClN2O2/c1-7(15)8-4-13-10(12)3-9(8)14-11(2)5-16-6-11/h3-4H,5-6H2,1-2H3,(H,13,14). The second-order valence-corrected chi connectivity index (χ2v) is 4.67. The first-order valence-corrected chi connectivity index (χ1v) is 5.40. The molecular weight excluding hydrogens is 228 g/mol. The molecule has 0 bridgehead atoms. The molecule has 0 radical (unpaired) electrons. The third kappa shape index (κ3) is 2.18. The largest absolute Gasteiger partial charge is 0.376 e. The molecule has 1 aliphatic rings. The highest BCUT2D eigenvalue weighted by atomic mass is 35.5. The Morgan fingerprint density at radius 2 is 2.31 bits per heavy atom. The van der Waals surface area contributed by atoms with Crippen molar-refractivity contribution in [2.24, 2.45) is 0 Å². The van der Waals surface area contributed by atoms with Crippen LogP contribution in [0.3, 0.4) is 0 Å². The summed E-state index contributed by atoms with van der Waals surface area (Å²) in [5.41, 5.74) is 1.16. The molecule has 1 saturated heterocycles. The zero-order chi connectivity index (χ0) is 11.8. The quantitative estimate of drug-likeness (QED) is 0.650. The topological polar surface area (TPSA) is 51.2 Å². The van der Waals surface area contributed by atoms with Gasteiger partial charge in [-0.15, -0.1) is 0 Å². The molecule has 0 amide bonds. The normalized spacial score (nSPS) is 17.7. The second kappa shape index (κ2) is 4.03. The third-order valence-corrected chi connectivity index (χ3v) is 2.73. The van der Waals surface area contributed by atoms with E-state index in [1.807, 2.05) is 6.92 Å². The summed E-state index contributed by atoms with van der Waals surface area (Å²) in [4.78, 5) is 15.3. The Morgan fingerprint density at radius 3 is 2.81 bits per heavy atom. The van der Waals surface area contributed by atoms with Crippen molar-refractivity contribution in [3.05, 3.63) is 23.0 Å². The maximum absolute atomic E-state index is 11.4. The van der Waals surface area contributed by atoms with E-state index >= 15 is 0 Å². The van der Waals surface area contributed by atoms with Crippen molar-refractivity contribution < 1.29 is 9.53 Å². The van der Waals surface area contributed by atoms with Crippen LogP contribution in [0.4, 0.5) is 5.69 Å². The van der Waals surface area contributed by atoms with E-state index in [1.165, 1.54) is 13.1 Å². The Labute approximate surface area is 99.0 Å². The minimum atomic E-state index is -0.116. The molecule has 16 heavy (non-hydrogen) atoms. The molecule has 5 heteroatoms. The lowest BCUT2D eigenvalue weighted by Crippen LogP contribution is -2.53. The van der Waals surface area contributed by atoms with E-state index in [4.69, 9.17) is 16.3 Å². The fourth-order valence-electron chi connectivity index (χ4n) is 1.62. The van der Waals surface area contributed by atoms with E-state index in [-0.39, 0.29) is 11.3 Å². The SMILES string of the molecule is CC(=O)c1cnc(Cl)cc1NC1(C)COC1. The van der Waals surface area contributed by atoms with Gasteiger partial charge in [-0.25, -0.2) is 4.98 Å². The van der Waals surface area contributed by atoms with Crippen LogP contribution in [0.15, 0.2) is 12.3 Å². The number of ether oxygens (including phenoxy) is 1. The van der Waals surface area contributed by atoms with Gasteiger partial charge in [-0.05, 0) is 19.9 Å². The number of hydrogen-bond acceptors (Lipinski definition) is 4. The van der Waals surface area contributed by atoms with Gasteiger partial charge in [0.05, 0.1) is 30.0 Å². The lowest BCUT2D eigenvalue weighted by atomic mass is 9.99. The summed E-state index contributed by atoms with van der Waals surface area (Å²) in [6, 6.07) is 1.67. The van der Waals surface area contributed by atoms with Crippen LogP contribution in [-0.4, -0.2) is 29.5 Å². The minimum Gasteiger partial charge on any atom is -0.376 e. The van der Waals surface area contributed by atoms with Crippen molar-refractivity contribution in [2.45, 2.75) is 19.4 Å². The second-order valence-electron chi connectivity index (χ2n) is 4.29. The van der Waals surface area contributed by atoms with Crippen molar-refractivity contribution in [2.75, 3.05) is 18.5 Å². The van der Waals surface area contributed by atoms with Crippen LogP contribution in [0.1, 0.15) is 24.2 Å². The number of carbonyl (C=O) groups excluding carboxylic acids is 1. The van der Waals surface area contributed by atoms with Crippen LogP contribution in [0.25, 0.3) is 0 Å². The molecule has 0 unspecified atom stereocenters. The van der Waals surface area contributed by atoms with Gasteiger partial charge >= 0.3 is 0 Å². The van der Waals surface area contributed by atoms with E-state index < -0.39 is 0 Å². The highest BCUT2D eigenvalue weighted by Gasteiger charge is 2.33. The van der Waals surface area contributed by atoms with Crippen molar-refractivity contribution in [1.82, 2.24) is 4.98 Å². The van der Waals surface area contributed by atoms with Crippen LogP contribution in [-0.2, 0) is 4.74 Å². The summed E-state index contributed by atoms with van der Waals surface area (Å²) < 4.78 is 5.14. The molecule has 0 atom stereocenters. The maximum atomic E-state index is 11.4. The van der Waals surface area contributed by atoms with E-state index in [2.05, 4.69) is 10.3 Å². The van der Waals surface area contributed by atoms with Crippen molar-refractivity contribution in [3.63, 3.8) is 0 Å². The number of rotatable bonds is 3. The van der Waals surface area contributed by atoms with Gasteiger partial charge in [-0.1, -0.05) is 11.6 Å². The monoisotopic (exact) mass is 240 g/mol. The highest BCUT2D eigenvalue weighted by Crippen LogP contribution is 2.26. The first-order chi connectivity index (χ1) is 7.50. The molecule has 0 spiro atoms. The van der Waals surface area contributed by atoms with Gasteiger partial charge in [-0.2, -0.15) is 0 Å². The molecule has 86 valence electrons. The molecule has 4 nitrogen and oxygen atoms in total. The Bertz CT molecular complexity index is 430. The number of pyridine rings is 1. The van der Waals surface area contributed by atoms with Gasteiger partial charge in [0.1, 0.15) is 5.15 Å². The van der Waals surface area contributed by atoms with Gasteiger partial charge in [0.2, 0.25) is 0 Å². The molecule has 0 saturated carbocycles. The molecule has 2 heterocycles. The molecule has 0 aromatic carbocycles. The summed E-state index contributed by atoms with van der Waals surface area (Å²) in [5.74, 6) is -0.0319. The molecule has 1 aliphatic heterocycles. The zero-order valence-corrected chi connectivity index (χ0v) is 9.97. The number of carbonyl (C=O) groups is 1. The Hall–Kier alpha value is -1.13. The Balaban J connectivity index is 2.30. The van der Waals surface area contributed by atoms with Gasteiger partial charge < -0.3 is 10.1 Å². The predicted octanol–water partition coefficient (Wildman–Crippen LogP) is 2.14. The number of nitrogens with one attached hydrogen (secondary N) is 1. The smallest absolute Gasteiger partial charge is 0.163 e. The lowest BCUT2D eigenvalue weighted by molar-refractivity contribution is -0.0318. The van der Waals surface area contributed by atoms with Gasteiger partial charge in [0.15, 0.2) is 5.78 Å². The Kier molecular flexibility index (Phi) is 2.86. The van der Waals surface area contributed by atoms with Crippen molar-refractivity contribution in [3.8, 4) is 0 Å². The number of aromatic nitrogens is 1. The fraction of sp³-hybridized carbons (Fsp3) is 0.455. The highest BCUT2D eigenvalue weighted by molar-refractivity contribution is 6.29. The summed E-state index contributed by atoms with van der Waals surface area (Å²) in [6.45, 7) is 4.80. The molecule has 2 rings (SSSR count). The van der Waals surface area contributed by atoms with Crippen LogP contribution >= 0.6 is 11.6 Å². The van der Waals surface area contributed by atoms with Gasteiger partial charge in [-0.3, -0.25) is 4.79 Å². The van der Waals surface area contributed by atoms with Crippen LogP contribution < -0.4 is 5.32 Å². The van der Waals surface area contributed by atoms with Crippen molar-refractivity contribution >= 4 is 23.1 Å². The first kappa shape index (κ1) is 11.4. The van der Waals surface area contributed by atoms with E-state index in [9.17, 15) is 4.79 Å². The number of hydrogen-bond donors (Lipinski definition) is 1. The van der Waals surface area contributed by atoms with Crippen molar-refractivity contribution in [1.29, 1.82) is 0 Å². The fourth-order valence-corrected chi connectivity index (χ4v) is 1.78. The van der Waals surface area contributed by atoms with E-state index in [0.29, 0.717) is 23.9 Å². The number of halogens is 1. The van der Waals surface area contributed by atoms with E-state index in [0.717, 1.165) is 5.69 Å². The maximum Gasteiger partial charge on any atom is 0.163 e. The number of anilines is 1. The van der Waals surface area contributed by atoms with Crippen LogP contribution in [0.2, 0.25) is 5.15 Å². The molecule has 1 fully saturated rings. The number of ketones is 1. The summed E-state index contributed by atoms with van der Waals surface area (Å²) in [7, 11) is 0.